The quantitative estimate of drug-likeness (QED) is 0.444. The number of ether oxygens (including phenoxy) is 1. The van der Waals surface area contributed by atoms with Gasteiger partial charge in [-0.05, 0) is 79.1 Å². The Morgan fingerprint density at radius 2 is 1.50 bits per heavy atom. The van der Waals surface area contributed by atoms with Crippen LogP contribution in [0.2, 0.25) is 0 Å². The molecule has 0 saturated carbocycles. The first-order valence-electron chi connectivity index (χ1n) is 9.02. The van der Waals surface area contributed by atoms with E-state index in [-0.39, 0.29) is 12.4 Å². The zero-order valence-corrected chi connectivity index (χ0v) is 16.1. The van der Waals surface area contributed by atoms with E-state index in [4.69, 9.17) is 4.74 Å². The molecule has 0 radical (unpaired) electrons. The Morgan fingerprint density at radius 3 is 2.07 bits per heavy atom. The maximum Gasteiger partial charge on any atom is 0.330 e. The molecule has 3 aromatic carbocycles. The average Bonchev–Trinajstić information content (AvgIpc) is 2.71. The molecule has 0 aliphatic rings. The molecule has 0 atom stereocenters. The van der Waals surface area contributed by atoms with Gasteiger partial charge in [-0.1, -0.05) is 24.8 Å². The van der Waals surface area contributed by atoms with Gasteiger partial charge in [-0.3, -0.25) is 0 Å². The lowest BCUT2D eigenvalue weighted by atomic mass is 10.1. The van der Waals surface area contributed by atoms with Crippen LogP contribution >= 0.6 is 0 Å². The third-order valence-electron chi connectivity index (χ3n) is 4.60. The zero-order valence-electron chi connectivity index (χ0n) is 16.1. The summed E-state index contributed by atoms with van der Waals surface area (Å²) in [4.78, 5) is 13.4. The van der Waals surface area contributed by atoms with Crippen LogP contribution in [0.4, 0.5) is 17.1 Å². The molecule has 3 aromatic rings. The topological polar surface area (TPSA) is 49.8 Å². The van der Waals surface area contributed by atoms with Gasteiger partial charge < -0.3 is 14.7 Å². The molecular weight excluding hydrogens is 350 g/mol. The number of phenols is 1. The highest BCUT2D eigenvalue weighted by Crippen LogP contribution is 2.36. The SMILES string of the molecule is C=CC(=O)OCc1ccc(N(c2ccc(O)cc2)c2ccc(C)c(C)c2)cc1. The lowest BCUT2D eigenvalue weighted by molar-refractivity contribution is -0.138. The number of rotatable bonds is 6. The predicted octanol–water partition coefficient (Wildman–Crippen LogP) is 5.71. The third kappa shape index (κ3) is 4.41. The summed E-state index contributed by atoms with van der Waals surface area (Å²) in [7, 11) is 0. The summed E-state index contributed by atoms with van der Waals surface area (Å²) in [5, 5.41) is 9.65. The summed E-state index contributed by atoms with van der Waals surface area (Å²) in [5.41, 5.74) is 6.26. The van der Waals surface area contributed by atoms with E-state index in [1.54, 1.807) is 12.1 Å². The van der Waals surface area contributed by atoms with E-state index in [1.807, 2.05) is 36.4 Å². The maximum absolute atomic E-state index is 11.2. The number of phenolic OH excluding ortho intramolecular Hbond substituents is 1. The van der Waals surface area contributed by atoms with Crippen LogP contribution < -0.4 is 4.90 Å². The van der Waals surface area contributed by atoms with Crippen molar-refractivity contribution < 1.29 is 14.6 Å². The van der Waals surface area contributed by atoms with Crippen molar-refractivity contribution in [3.05, 3.63) is 96.1 Å². The van der Waals surface area contributed by atoms with Crippen molar-refractivity contribution >= 4 is 23.0 Å². The third-order valence-corrected chi connectivity index (χ3v) is 4.60. The number of carbonyl (C=O) groups excluding carboxylic acids is 1. The second-order valence-electron chi connectivity index (χ2n) is 6.60. The maximum atomic E-state index is 11.2. The van der Waals surface area contributed by atoms with Crippen molar-refractivity contribution in [3.8, 4) is 5.75 Å². The molecule has 0 aliphatic carbocycles. The van der Waals surface area contributed by atoms with Gasteiger partial charge >= 0.3 is 5.97 Å². The van der Waals surface area contributed by atoms with Crippen molar-refractivity contribution in [3.63, 3.8) is 0 Å². The highest BCUT2D eigenvalue weighted by molar-refractivity contribution is 5.81. The first kappa shape index (κ1) is 19.2. The number of anilines is 3. The molecule has 0 heterocycles. The Bertz CT molecular complexity index is 976. The van der Waals surface area contributed by atoms with Crippen molar-refractivity contribution in [2.45, 2.75) is 20.5 Å². The summed E-state index contributed by atoms with van der Waals surface area (Å²) in [6.07, 6.45) is 1.15. The van der Waals surface area contributed by atoms with Gasteiger partial charge in [0.25, 0.3) is 0 Å². The monoisotopic (exact) mass is 373 g/mol. The van der Waals surface area contributed by atoms with E-state index in [0.717, 1.165) is 28.7 Å². The number of hydrogen-bond donors (Lipinski definition) is 1. The minimum Gasteiger partial charge on any atom is -0.508 e. The fourth-order valence-electron chi connectivity index (χ4n) is 2.87. The number of nitrogens with zero attached hydrogens (tertiary/aromatic N) is 1. The number of carbonyl (C=O) groups is 1. The van der Waals surface area contributed by atoms with Gasteiger partial charge in [0.2, 0.25) is 0 Å². The highest BCUT2D eigenvalue weighted by atomic mass is 16.5. The Labute approximate surface area is 165 Å². The van der Waals surface area contributed by atoms with Gasteiger partial charge in [0, 0.05) is 23.1 Å². The van der Waals surface area contributed by atoms with Gasteiger partial charge in [0.15, 0.2) is 0 Å². The fraction of sp³-hybridized carbons (Fsp3) is 0.125. The van der Waals surface area contributed by atoms with Gasteiger partial charge in [-0.15, -0.1) is 0 Å². The highest BCUT2D eigenvalue weighted by Gasteiger charge is 2.13. The minimum absolute atomic E-state index is 0.202. The van der Waals surface area contributed by atoms with E-state index in [1.165, 1.54) is 11.1 Å². The molecule has 142 valence electrons. The normalized spacial score (nSPS) is 10.4. The Kier molecular flexibility index (Phi) is 5.80. The average molecular weight is 373 g/mol. The first-order chi connectivity index (χ1) is 13.5. The summed E-state index contributed by atoms with van der Waals surface area (Å²) < 4.78 is 5.09. The summed E-state index contributed by atoms with van der Waals surface area (Å²) in [5.74, 6) is -0.215. The van der Waals surface area contributed by atoms with E-state index in [0.29, 0.717) is 0 Å². The molecular formula is C24H23NO3. The van der Waals surface area contributed by atoms with Gasteiger partial charge in [-0.2, -0.15) is 0 Å². The Hall–Kier alpha value is -3.53. The molecule has 4 nitrogen and oxygen atoms in total. The Balaban J connectivity index is 1.96. The van der Waals surface area contributed by atoms with Crippen molar-refractivity contribution in [2.75, 3.05) is 4.90 Å². The lowest BCUT2D eigenvalue weighted by Crippen LogP contribution is -2.10. The van der Waals surface area contributed by atoms with Crippen LogP contribution in [0.25, 0.3) is 0 Å². The smallest absolute Gasteiger partial charge is 0.330 e. The molecule has 28 heavy (non-hydrogen) atoms. The molecule has 0 spiro atoms. The van der Waals surface area contributed by atoms with Crippen LogP contribution in [0.1, 0.15) is 16.7 Å². The second-order valence-corrected chi connectivity index (χ2v) is 6.60. The van der Waals surface area contributed by atoms with Gasteiger partial charge in [0.1, 0.15) is 12.4 Å². The molecule has 0 amide bonds. The van der Waals surface area contributed by atoms with Crippen LogP contribution in [0, 0.1) is 13.8 Å². The largest absolute Gasteiger partial charge is 0.508 e. The molecule has 4 heteroatoms. The van der Waals surface area contributed by atoms with Crippen molar-refractivity contribution in [2.24, 2.45) is 0 Å². The van der Waals surface area contributed by atoms with E-state index >= 15 is 0 Å². The summed E-state index contributed by atoms with van der Waals surface area (Å²) >= 11 is 0. The zero-order chi connectivity index (χ0) is 20.1. The molecule has 0 saturated heterocycles. The number of aromatic hydroxyl groups is 1. The predicted molar refractivity (Wildman–Crippen MR) is 112 cm³/mol. The lowest BCUT2D eigenvalue weighted by Gasteiger charge is -2.26. The van der Waals surface area contributed by atoms with Crippen LogP contribution in [0.3, 0.4) is 0 Å². The molecule has 0 fully saturated rings. The molecule has 1 N–H and O–H groups in total. The van der Waals surface area contributed by atoms with Crippen LogP contribution in [-0.2, 0) is 16.1 Å². The fourth-order valence-corrected chi connectivity index (χ4v) is 2.87. The van der Waals surface area contributed by atoms with E-state index in [9.17, 15) is 9.90 Å². The van der Waals surface area contributed by atoms with E-state index in [2.05, 4.69) is 43.5 Å². The number of hydrogen-bond acceptors (Lipinski definition) is 4. The molecule has 0 bridgehead atoms. The Morgan fingerprint density at radius 1 is 0.929 bits per heavy atom. The summed E-state index contributed by atoms with van der Waals surface area (Å²) in [6, 6.07) is 21.3. The first-order valence-corrected chi connectivity index (χ1v) is 9.02. The van der Waals surface area contributed by atoms with Crippen molar-refractivity contribution in [1.82, 2.24) is 0 Å². The van der Waals surface area contributed by atoms with Crippen LogP contribution in [0.15, 0.2) is 79.4 Å². The van der Waals surface area contributed by atoms with Gasteiger partial charge in [0.05, 0.1) is 0 Å². The number of benzene rings is 3. The molecule has 0 aliphatic heterocycles. The molecule has 0 unspecified atom stereocenters. The van der Waals surface area contributed by atoms with Gasteiger partial charge in [-0.25, -0.2) is 4.79 Å². The number of esters is 1. The molecule has 3 rings (SSSR count). The molecule has 0 aromatic heterocycles. The van der Waals surface area contributed by atoms with Crippen LogP contribution in [-0.4, -0.2) is 11.1 Å². The second kappa shape index (κ2) is 8.44. The standard InChI is InChI=1S/C24H23NO3/c1-4-24(27)28-16-19-6-9-20(10-7-19)25(21-11-13-23(26)14-12-21)22-8-5-17(2)18(3)15-22/h4-15,26H,1,16H2,2-3H3. The minimum atomic E-state index is -0.440. The number of aryl methyl sites for hydroxylation is 2. The van der Waals surface area contributed by atoms with Crippen molar-refractivity contribution in [1.29, 1.82) is 0 Å². The van der Waals surface area contributed by atoms with Crippen LogP contribution in [0.5, 0.6) is 5.75 Å². The van der Waals surface area contributed by atoms with E-state index < -0.39 is 5.97 Å². The summed E-state index contributed by atoms with van der Waals surface area (Å²) in [6.45, 7) is 7.77.